The molecule has 0 radical (unpaired) electrons. The van der Waals surface area contributed by atoms with Crippen LogP contribution >= 0.6 is 0 Å². The van der Waals surface area contributed by atoms with Crippen molar-refractivity contribution in [2.45, 2.75) is 44.2 Å². The molecule has 1 aliphatic carbocycles. The maximum Gasteiger partial charge on any atom is 0.223 e. The third kappa shape index (κ3) is 3.73. The standard InChI is InChI=1S/C14H17F2NO2/c15-11-3-4-12(16)10(7-11)9-17-13(18)8-14(19)5-1-2-6-14/h3-4,7,19H,1-2,5-6,8-9H2,(H,17,18). The van der Waals surface area contributed by atoms with Gasteiger partial charge in [-0.25, -0.2) is 8.78 Å². The van der Waals surface area contributed by atoms with Crippen molar-refractivity contribution in [3.8, 4) is 0 Å². The first-order chi connectivity index (χ1) is 8.98. The lowest BCUT2D eigenvalue weighted by molar-refractivity contribution is -0.126. The van der Waals surface area contributed by atoms with Crippen LogP contribution in [0.5, 0.6) is 0 Å². The molecule has 104 valence electrons. The van der Waals surface area contributed by atoms with Crippen molar-refractivity contribution < 1.29 is 18.7 Å². The highest BCUT2D eigenvalue weighted by Crippen LogP contribution is 2.32. The Morgan fingerprint density at radius 3 is 2.68 bits per heavy atom. The SMILES string of the molecule is O=C(CC1(O)CCCC1)NCc1cc(F)ccc1F. The first kappa shape index (κ1) is 13.9. The fraction of sp³-hybridized carbons (Fsp3) is 0.500. The molecule has 0 heterocycles. The third-order valence-electron chi connectivity index (χ3n) is 3.51. The predicted molar refractivity (Wildman–Crippen MR) is 66.2 cm³/mol. The molecule has 0 saturated heterocycles. The molecule has 0 spiro atoms. The van der Waals surface area contributed by atoms with Crippen molar-refractivity contribution in [3.05, 3.63) is 35.4 Å². The van der Waals surface area contributed by atoms with E-state index in [0.717, 1.165) is 31.0 Å². The maximum atomic E-state index is 13.3. The van der Waals surface area contributed by atoms with Crippen LogP contribution in [-0.4, -0.2) is 16.6 Å². The monoisotopic (exact) mass is 269 g/mol. The Labute approximate surface area is 110 Å². The summed E-state index contributed by atoms with van der Waals surface area (Å²) in [7, 11) is 0. The van der Waals surface area contributed by atoms with Gasteiger partial charge in [0.25, 0.3) is 0 Å². The largest absolute Gasteiger partial charge is 0.389 e. The van der Waals surface area contributed by atoms with Crippen LogP contribution in [0.1, 0.15) is 37.7 Å². The molecule has 1 fully saturated rings. The molecule has 0 aromatic heterocycles. The van der Waals surface area contributed by atoms with Gasteiger partial charge in [-0.1, -0.05) is 12.8 Å². The van der Waals surface area contributed by atoms with E-state index < -0.39 is 17.2 Å². The van der Waals surface area contributed by atoms with Crippen molar-refractivity contribution in [2.75, 3.05) is 0 Å². The van der Waals surface area contributed by atoms with Crippen molar-refractivity contribution in [1.29, 1.82) is 0 Å². The summed E-state index contributed by atoms with van der Waals surface area (Å²) >= 11 is 0. The Morgan fingerprint density at radius 1 is 1.32 bits per heavy atom. The van der Waals surface area contributed by atoms with Gasteiger partial charge in [-0.05, 0) is 31.0 Å². The summed E-state index contributed by atoms with van der Waals surface area (Å²) in [6.45, 7) is -0.0709. The Bertz CT molecular complexity index is 471. The van der Waals surface area contributed by atoms with E-state index in [1.54, 1.807) is 0 Å². The molecule has 2 rings (SSSR count). The van der Waals surface area contributed by atoms with E-state index >= 15 is 0 Å². The molecule has 1 aromatic rings. The Morgan fingerprint density at radius 2 is 2.00 bits per heavy atom. The van der Waals surface area contributed by atoms with Crippen molar-refractivity contribution in [1.82, 2.24) is 5.32 Å². The number of carbonyl (C=O) groups is 1. The maximum absolute atomic E-state index is 13.3. The van der Waals surface area contributed by atoms with Gasteiger partial charge < -0.3 is 10.4 Å². The van der Waals surface area contributed by atoms with Crippen LogP contribution in [-0.2, 0) is 11.3 Å². The summed E-state index contributed by atoms with van der Waals surface area (Å²) in [6.07, 6.45) is 3.10. The average molecular weight is 269 g/mol. The number of hydrogen-bond donors (Lipinski definition) is 2. The molecule has 0 aliphatic heterocycles. The van der Waals surface area contributed by atoms with Crippen LogP contribution in [0.15, 0.2) is 18.2 Å². The molecule has 1 aromatic carbocycles. The van der Waals surface area contributed by atoms with Crippen LogP contribution in [0, 0.1) is 11.6 Å². The van der Waals surface area contributed by atoms with Crippen LogP contribution in [0.4, 0.5) is 8.78 Å². The van der Waals surface area contributed by atoms with E-state index in [1.165, 1.54) is 0 Å². The zero-order valence-corrected chi connectivity index (χ0v) is 10.6. The summed E-state index contributed by atoms with van der Waals surface area (Å²) < 4.78 is 26.3. The quantitative estimate of drug-likeness (QED) is 0.881. The summed E-state index contributed by atoms with van der Waals surface area (Å²) in [5, 5.41) is 12.6. The molecule has 5 heteroatoms. The Hall–Kier alpha value is -1.49. The van der Waals surface area contributed by atoms with E-state index in [4.69, 9.17) is 0 Å². The van der Waals surface area contributed by atoms with E-state index in [9.17, 15) is 18.7 Å². The van der Waals surface area contributed by atoms with Gasteiger partial charge in [0.15, 0.2) is 0 Å². The second-order valence-corrected chi connectivity index (χ2v) is 5.12. The number of aliphatic hydroxyl groups is 1. The molecule has 19 heavy (non-hydrogen) atoms. The predicted octanol–water partition coefficient (Wildman–Crippen LogP) is 2.28. The number of hydrogen-bond acceptors (Lipinski definition) is 2. The molecule has 0 bridgehead atoms. The van der Waals surface area contributed by atoms with E-state index in [-0.39, 0.29) is 24.4 Å². The number of nitrogens with one attached hydrogen (secondary N) is 1. The van der Waals surface area contributed by atoms with Gasteiger partial charge in [0, 0.05) is 12.1 Å². The summed E-state index contributed by atoms with van der Waals surface area (Å²) in [5.41, 5.74) is -0.823. The highest BCUT2D eigenvalue weighted by molar-refractivity contribution is 5.77. The van der Waals surface area contributed by atoms with Gasteiger partial charge in [-0.15, -0.1) is 0 Å². The van der Waals surface area contributed by atoms with Crippen molar-refractivity contribution in [2.24, 2.45) is 0 Å². The zero-order chi connectivity index (χ0) is 13.9. The van der Waals surface area contributed by atoms with Crippen LogP contribution in [0.25, 0.3) is 0 Å². The zero-order valence-electron chi connectivity index (χ0n) is 10.6. The Kier molecular flexibility index (Phi) is 4.14. The normalized spacial score (nSPS) is 17.4. The van der Waals surface area contributed by atoms with Gasteiger partial charge in [0.2, 0.25) is 5.91 Å². The first-order valence-electron chi connectivity index (χ1n) is 6.42. The third-order valence-corrected chi connectivity index (χ3v) is 3.51. The Balaban J connectivity index is 1.88. The molecule has 1 aliphatic rings. The molecule has 1 saturated carbocycles. The number of amides is 1. The van der Waals surface area contributed by atoms with Gasteiger partial charge in [-0.2, -0.15) is 0 Å². The summed E-state index contributed by atoms with van der Waals surface area (Å²) in [6, 6.07) is 3.11. The topological polar surface area (TPSA) is 49.3 Å². The van der Waals surface area contributed by atoms with Gasteiger partial charge in [0.1, 0.15) is 11.6 Å². The highest BCUT2D eigenvalue weighted by atomic mass is 19.1. The van der Waals surface area contributed by atoms with Crippen molar-refractivity contribution in [3.63, 3.8) is 0 Å². The fourth-order valence-corrected chi connectivity index (χ4v) is 2.44. The van der Waals surface area contributed by atoms with Gasteiger partial charge in [-0.3, -0.25) is 4.79 Å². The first-order valence-corrected chi connectivity index (χ1v) is 6.42. The number of rotatable bonds is 4. The van der Waals surface area contributed by atoms with E-state index in [1.807, 2.05) is 0 Å². The van der Waals surface area contributed by atoms with E-state index in [0.29, 0.717) is 12.8 Å². The molecule has 2 N–H and O–H groups in total. The number of carbonyl (C=O) groups excluding carboxylic acids is 1. The van der Waals surface area contributed by atoms with Crippen LogP contribution < -0.4 is 5.32 Å². The molecule has 3 nitrogen and oxygen atoms in total. The van der Waals surface area contributed by atoms with Crippen molar-refractivity contribution >= 4 is 5.91 Å². The molecule has 0 unspecified atom stereocenters. The second kappa shape index (κ2) is 5.65. The molecule has 1 amide bonds. The number of halogens is 2. The molecular formula is C14H17F2NO2. The summed E-state index contributed by atoms with van der Waals surface area (Å²) in [4.78, 5) is 11.7. The highest BCUT2D eigenvalue weighted by Gasteiger charge is 2.33. The second-order valence-electron chi connectivity index (χ2n) is 5.12. The van der Waals surface area contributed by atoms with Gasteiger partial charge >= 0.3 is 0 Å². The molecular weight excluding hydrogens is 252 g/mol. The minimum atomic E-state index is -0.926. The minimum absolute atomic E-state index is 0.0178. The minimum Gasteiger partial charge on any atom is -0.389 e. The lowest BCUT2D eigenvalue weighted by Gasteiger charge is -2.21. The lowest BCUT2D eigenvalue weighted by atomic mass is 9.97. The summed E-state index contributed by atoms with van der Waals surface area (Å²) in [5.74, 6) is -1.44. The fourth-order valence-electron chi connectivity index (χ4n) is 2.44. The number of benzene rings is 1. The van der Waals surface area contributed by atoms with E-state index in [2.05, 4.69) is 5.32 Å². The van der Waals surface area contributed by atoms with Gasteiger partial charge in [0.05, 0.1) is 12.0 Å². The average Bonchev–Trinajstić information content (AvgIpc) is 2.77. The lowest BCUT2D eigenvalue weighted by Crippen LogP contribution is -2.34. The van der Waals surface area contributed by atoms with Crippen LogP contribution in [0.2, 0.25) is 0 Å². The van der Waals surface area contributed by atoms with Crippen LogP contribution in [0.3, 0.4) is 0 Å². The molecule has 0 atom stereocenters. The smallest absolute Gasteiger partial charge is 0.223 e.